The number of halogens is 17. The van der Waals surface area contributed by atoms with E-state index in [4.69, 9.17) is 5.11 Å². The third kappa shape index (κ3) is 1.23. The fraction of sp³-hybridized carbons (Fsp3) is 1.00. The average molecular weight is 472 g/mol. The monoisotopic (exact) mass is 472 g/mol. The van der Waals surface area contributed by atoms with Crippen molar-refractivity contribution in [1.29, 1.82) is 0 Å². The number of rotatable bonds is 0. The van der Waals surface area contributed by atoms with Gasteiger partial charge in [-0.2, -0.15) is 57.1 Å². The van der Waals surface area contributed by atoms with Crippen molar-refractivity contribution in [3.8, 4) is 0 Å². The molecule has 0 aromatic carbocycles. The maximum atomic E-state index is 14.6. The highest BCUT2D eigenvalue weighted by Crippen LogP contribution is 2.89. The van der Waals surface area contributed by atoms with Gasteiger partial charge in [0.25, 0.3) is 16.9 Å². The Morgan fingerprint density at radius 2 is 0.552 bits per heavy atom. The standard InChI is InChI=1S/C11HF17O/c12-1-5(29,11(26,27)28)2(13)8(20,21)3(14,6(1,16)17)10(24,25)4(15,7(1,18)19)9(2,22)23/h29H. The highest BCUT2D eigenvalue weighted by Gasteiger charge is 3.24. The van der Waals surface area contributed by atoms with Gasteiger partial charge in [0.1, 0.15) is 0 Å². The summed E-state index contributed by atoms with van der Waals surface area (Å²) in [6, 6.07) is 0. The van der Waals surface area contributed by atoms with Crippen molar-refractivity contribution in [1.82, 2.24) is 0 Å². The van der Waals surface area contributed by atoms with Gasteiger partial charge in [-0.25, -0.2) is 17.6 Å². The van der Waals surface area contributed by atoms with E-state index in [-0.39, 0.29) is 0 Å². The van der Waals surface area contributed by atoms with Crippen molar-refractivity contribution in [2.24, 2.45) is 0 Å². The van der Waals surface area contributed by atoms with Crippen molar-refractivity contribution in [2.45, 2.75) is 64.1 Å². The van der Waals surface area contributed by atoms with Crippen molar-refractivity contribution in [3.63, 3.8) is 0 Å². The molecule has 1 N–H and O–H groups in total. The summed E-state index contributed by atoms with van der Waals surface area (Å²) in [5, 5.41) is 9.01. The van der Waals surface area contributed by atoms with Gasteiger partial charge in [-0.1, -0.05) is 0 Å². The van der Waals surface area contributed by atoms with Crippen LogP contribution < -0.4 is 0 Å². The molecule has 0 aromatic rings. The molecule has 4 aliphatic rings. The van der Waals surface area contributed by atoms with Gasteiger partial charge in [-0.05, 0) is 0 Å². The summed E-state index contributed by atoms with van der Waals surface area (Å²) < 4.78 is 236. The molecule has 4 aliphatic carbocycles. The highest BCUT2D eigenvalue weighted by atomic mass is 19.4. The van der Waals surface area contributed by atoms with Gasteiger partial charge in [0, 0.05) is 0 Å². The second-order valence-electron chi connectivity index (χ2n) is 6.71. The largest absolute Gasteiger partial charge is 0.424 e. The van der Waals surface area contributed by atoms with E-state index in [9.17, 15) is 74.6 Å². The lowest BCUT2D eigenvalue weighted by Gasteiger charge is -2.75. The molecule has 4 rings (SSSR count). The maximum absolute atomic E-state index is 14.6. The molecule has 0 aliphatic heterocycles. The van der Waals surface area contributed by atoms with E-state index < -0.39 is 64.1 Å². The SMILES string of the molecule is OC1(C(F)(F)F)C2(F)C(F)(F)C3(F)C(F)(F)C(F)(C2(F)F)C(F)(F)C1(F)C3(F)F. The van der Waals surface area contributed by atoms with E-state index in [2.05, 4.69) is 0 Å². The van der Waals surface area contributed by atoms with E-state index in [0.29, 0.717) is 0 Å². The topological polar surface area (TPSA) is 20.2 Å². The van der Waals surface area contributed by atoms with Crippen molar-refractivity contribution < 1.29 is 79.7 Å². The van der Waals surface area contributed by atoms with Gasteiger partial charge in [0.2, 0.25) is 0 Å². The molecule has 4 saturated carbocycles. The summed E-state index contributed by atoms with van der Waals surface area (Å²) in [6.07, 6.45) is -7.99. The molecule has 170 valence electrons. The molecule has 0 heterocycles. The minimum Gasteiger partial charge on any atom is -0.375 e. The molecule has 0 aromatic heterocycles. The van der Waals surface area contributed by atoms with Crippen LogP contribution in [0, 0.1) is 0 Å². The zero-order valence-corrected chi connectivity index (χ0v) is 12.4. The first-order chi connectivity index (χ1) is 12.2. The van der Waals surface area contributed by atoms with Gasteiger partial charge < -0.3 is 5.11 Å². The van der Waals surface area contributed by atoms with Gasteiger partial charge in [0.15, 0.2) is 0 Å². The van der Waals surface area contributed by atoms with Crippen LogP contribution in [0.4, 0.5) is 74.6 Å². The van der Waals surface area contributed by atoms with Gasteiger partial charge in [-0.3, -0.25) is 0 Å². The summed E-state index contributed by atoms with van der Waals surface area (Å²) in [5.41, 5.74) is -40.3. The summed E-state index contributed by atoms with van der Waals surface area (Å²) in [4.78, 5) is 0. The van der Waals surface area contributed by atoms with Gasteiger partial charge >= 0.3 is 47.1 Å². The molecule has 1 nitrogen and oxygen atoms in total. The van der Waals surface area contributed by atoms with Crippen LogP contribution in [0.1, 0.15) is 0 Å². The Balaban J connectivity index is 2.77. The van der Waals surface area contributed by atoms with Crippen LogP contribution in [0.15, 0.2) is 0 Å². The Labute approximate surface area is 145 Å². The molecular weight excluding hydrogens is 471 g/mol. The summed E-state index contributed by atoms with van der Waals surface area (Å²) in [5.74, 6) is -40.8. The molecule has 0 radical (unpaired) electrons. The quantitative estimate of drug-likeness (QED) is 0.521. The smallest absolute Gasteiger partial charge is 0.375 e. The minimum atomic E-state index is -8.18. The normalized spacial score (nSPS) is 53.2. The molecule has 0 saturated heterocycles. The van der Waals surface area contributed by atoms with Gasteiger partial charge in [-0.15, -0.1) is 0 Å². The number of alkyl halides is 17. The lowest BCUT2D eigenvalue weighted by molar-refractivity contribution is -0.618. The summed E-state index contributed by atoms with van der Waals surface area (Å²) >= 11 is 0. The summed E-state index contributed by atoms with van der Waals surface area (Å²) in [7, 11) is 0. The fourth-order valence-electron chi connectivity index (χ4n) is 4.30. The number of aliphatic hydroxyl groups is 1. The van der Waals surface area contributed by atoms with E-state index in [0.717, 1.165) is 0 Å². The molecule has 0 unspecified atom stereocenters. The van der Waals surface area contributed by atoms with E-state index in [1.165, 1.54) is 0 Å². The Morgan fingerprint density at radius 3 is 0.724 bits per heavy atom. The Hall–Kier alpha value is -1.23. The van der Waals surface area contributed by atoms with E-state index in [1.807, 2.05) is 0 Å². The van der Waals surface area contributed by atoms with Crippen LogP contribution >= 0.6 is 0 Å². The zero-order valence-electron chi connectivity index (χ0n) is 12.4. The second kappa shape index (κ2) is 4.24. The zero-order chi connectivity index (χ0) is 23.5. The number of hydrogen-bond donors (Lipinski definition) is 1. The lowest BCUT2D eigenvalue weighted by Crippen LogP contribution is -3.11. The fourth-order valence-corrected chi connectivity index (χ4v) is 4.30. The van der Waals surface area contributed by atoms with Crippen LogP contribution in [0.2, 0.25) is 0 Å². The van der Waals surface area contributed by atoms with Crippen molar-refractivity contribution in [3.05, 3.63) is 0 Å². The molecule has 4 bridgehead atoms. The third-order valence-corrected chi connectivity index (χ3v) is 5.73. The Bertz CT molecular complexity index is 706. The Kier molecular flexibility index (Phi) is 3.28. The minimum absolute atomic E-state index is 7.98. The predicted molar refractivity (Wildman–Crippen MR) is 51.1 cm³/mol. The third-order valence-electron chi connectivity index (χ3n) is 5.73. The first kappa shape index (κ1) is 22.5. The maximum Gasteiger partial charge on any atom is 0.424 e. The molecule has 4 fully saturated rings. The summed E-state index contributed by atoms with van der Waals surface area (Å²) in [6.45, 7) is 0. The van der Waals surface area contributed by atoms with Crippen molar-refractivity contribution >= 4 is 0 Å². The average Bonchev–Trinajstić information content (AvgIpc) is 2.52. The second-order valence-corrected chi connectivity index (χ2v) is 6.71. The van der Waals surface area contributed by atoms with Crippen molar-refractivity contribution in [2.75, 3.05) is 0 Å². The first-order valence-electron chi connectivity index (χ1n) is 6.69. The van der Waals surface area contributed by atoms with E-state index >= 15 is 0 Å². The highest BCUT2D eigenvalue weighted by molar-refractivity contribution is 5.56. The number of hydrogen-bond acceptors (Lipinski definition) is 1. The molecule has 29 heavy (non-hydrogen) atoms. The molecule has 0 amide bonds. The van der Waals surface area contributed by atoms with E-state index in [1.54, 1.807) is 0 Å². The van der Waals surface area contributed by atoms with Gasteiger partial charge in [0.05, 0.1) is 0 Å². The molecule has 0 spiro atoms. The molecule has 18 heteroatoms. The van der Waals surface area contributed by atoms with Crippen LogP contribution in [-0.2, 0) is 0 Å². The van der Waals surface area contributed by atoms with Crippen LogP contribution in [0.3, 0.4) is 0 Å². The van der Waals surface area contributed by atoms with Crippen LogP contribution in [0.25, 0.3) is 0 Å². The van der Waals surface area contributed by atoms with Crippen LogP contribution in [-0.4, -0.2) is 69.2 Å². The predicted octanol–water partition coefficient (Wildman–Crippen LogP) is 4.33. The Morgan fingerprint density at radius 1 is 0.379 bits per heavy atom. The van der Waals surface area contributed by atoms with Crippen LogP contribution in [0.5, 0.6) is 0 Å². The first-order valence-corrected chi connectivity index (χ1v) is 6.69. The molecule has 0 atom stereocenters. The molecular formula is C11HF17O. The lowest BCUT2D eigenvalue weighted by atomic mass is 9.37.